The smallest absolute Gasteiger partial charge is 0.220 e. The maximum atomic E-state index is 12.5. The van der Waals surface area contributed by atoms with Crippen LogP contribution in [0, 0.1) is 0 Å². The van der Waals surface area contributed by atoms with E-state index in [1.54, 1.807) is 0 Å². The van der Waals surface area contributed by atoms with Crippen molar-refractivity contribution in [1.82, 2.24) is 5.32 Å². The van der Waals surface area contributed by atoms with Gasteiger partial charge in [-0.3, -0.25) is 4.79 Å². The van der Waals surface area contributed by atoms with Crippen molar-refractivity contribution in [2.45, 2.75) is 315 Å². The molecule has 0 bridgehead atoms. The first-order valence-electron chi connectivity index (χ1n) is 25.8. The van der Waals surface area contributed by atoms with E-state index >= 15 is 0 Å². The van der Waals surface area contributed by atoms with Crippen molar-refractivity contribution in [1.29, 1.82) is 0 Å². The van der Waals surface area contributed by atoms with Gasteiger partial charge in [-0.2, -0.15) is 0 Å². The molecule has 0 aromatic carbocycles. The second-order valence-corrected chi connectivity index (χ2v) is 18.1. The van der Waals surface area contributed by atoms with E-state index in [9.17, 15) is 20.1 Å². The van der Waals surface area contributed by atoms with Crippen LogP contribution in [0.3, 0.4) is 0 Å². The SMILES string of the molecule is CCCCCCCCCCCCCCCCCCCCCCCCCCCCC(=O)NC(CO)C(O)C(O)CCCCCCCCCCCCCCCCCC. The van der Waals surface area contributed by atoms with Crippen LogP contribution in [0.1, 0.15) is 296 Å². The Morgan fingerprint density at radius 1 is 0.375 bits per heavy atom. The molecule has 3 atom stereocenters. The Morgan fingerprint density at radius 3 is 0.857 bits per heavy atom. The third-order valence-electron chi connectivity index (χ3n) is 12.5. The summed E-state index contributed by atoms with van der Waals surface area (Å²) in [5, 5.41) is 33.7. The Balaban J connectivity index is 3.50. The molecule has 0 aliphatic heterocycles. The van der Waals surface area contributed by atoms with Crippen molar-refractivity contribution in [2.24, 2.45) is 0 Å². The van der Waals surface area contributed by atoms with Crippen molar-refractivity contribution in [2.75, 3.05) is 6.61 Å². The van der Waals surface area contributed by atoms with Crippen molar-refractivity contribution >= 4 is 5.91 Å². The van der Waals surface area contributed by atoms with Gasteiger partial charge in [0.1, 0.15) is 6.10 Å². The molecule has 5 nitrogen and oxygen atoms in total. The number of unbranched alkanes of at least 4 members (excludes halogenated alkanes) is 40. The van der Waals surface area contributed by atoms with Gasteiger partial charge in [-0.15, -0.1) is 0 Å². The van der Waals surface area contributed by atoms with Crippen LogP contribution in [0.15, 0.2) is 0 Å². The van der Waals surface area contributed by atoms with Gasteiger partial charge < -0.3 is 20.6 Å². The maximum absolute atomic E-state index is 12.5. The molecule has 0 aliphatic carbocycles. The molecule has 0 saturated carbocycles. The van der Waals surface area contributed by atoms with E-state index in [1.165, 1.54) is 238 Å². The lowest BCUT2D eigenvalue weighted by Crippen LogP contribution is -2.50. The minimum atomic E-state index is -1.13. The van der Waals surface area contributed by atoms with E-state index in [-0.39, 0.29) is 12.5 Å². The fourth-order valence-corrected chi connectivity index (χ4v) is 8.46. The molecular formula is C51H103NO4. The molecule has 0 aliphatic rings. The number of hydrogen-bond acceptors (Lipinski definition) is 4. The maximum Gasteiger partial charge on any atom is 0.220 e. The monoisotopic (exact) mass is 794 g/mol. The van der Waals surface area contributed by atoms with Crippen LogP contribution in [0.2, 0.25) is 0 Å². The number of amides is 1. The Hall–Kier alpha value is -0.650. The van der Waals surface area contributed by atoms with Crippen LogP contribution in [0.5, 0.6) is 0 Å². The van der Waals surface area contributed by atoms with Gasteiger partial charge in [0.2, 0.25) is 5.91 Å². The molecule has 56 heavy (non-hydrogen) atoms. The number of aliphatic hydroxyl groups excluding tert-OH is 3. The molecular weight excluding hydrogens is 691 g/mol. The van der Waals surface area contributed by atoms with Crippen LogP contribution >= 0.6 is 0 Å². The molecule has 0 fully saturated rings. The Labute approximate surface area is 351 Å². The van der Waals surface area contributed by atoms with Gasteiger partial charge >= 0.3 is 0 Å². The topological polar surface area (TPSA) is 89.8 Å². The lowest BCUT2D eigenvalue weighted by atomic mass is 9.99. The van der Waals surface area contributed by atoms with Gasteiger partial charge in [0.05, 0.1) is 18.8 Å². The van der Waals surface area contributed by atoms with E-state index in [4.69, 9.17) is 0 Å². The molecule has 0 rings (SSSR count). The van der Waals surface area contributed by atoms with Crippen LogP contribution in [-0.4, -0.2) is 46.1 Å². The third-order valence-corrected chi connectivity index (χ3v) is 12.5. The van der Waals surface area contributed by atoms with Crippen molar-refractivity contribution < 1.29 is 20.1 Å². The van der Waals surface area contributed by atoms with Gasteiger partial charge in [0.15, 0.2) is 0 Å². The summed E-state index contributed by atoms with van der Waals surface area (Å²) in [6.45, 7) is 4.21. The number of carbonyl (C=O) groups is 1. The average Bonchev–Trinajstić information content (AvgIpc) is 3.20. The Kier molecular flexibility index (Phi) is 46.5. The average molecular weight is 794 g/mol. The van der Waals surface area contributed by atoms with E-state index in [0.717, 1.165) is 32.1 Å². The normalized spacial score (nSPS) is 13.3. The minimum Gasteiger partial charge on any atom is -0.394 e. The summed E-state index contributed by atoms with van der Waals surface area (Å²) in [4.78, 5) is 12.5. The van der Waals surface area contributed by atoms with Gasteiger partial charge in [-0.1, -0.05) is 277 Å². The van der Waals surface area contributed by atoms with Crippen molar-refractivity contribution in [3.63, 3.8) is 0 Å². The number of hydrogen-bond donors (Lipinski definition) is 4. The van der Waals surface area contributed by atoms with Gasteiger partial charge in [-0.05, 0) is 12.8 Å². The number of carbonyl (C=O) groups excluding carboxylic acids is 1. The zero-order chi connectivity index (χ0) is 40.8. The van der Waals surface area contributed by atoms with Crippen LogP contribution in [0.4, 0.5) is 0 Å². The quantitative estimate of drug-likeness (QED) is 0.0462. The number of aliphatic hydroxyl groups is 3. The summed E-state index contributed by atoms with van der Waals surface area (Å²) < 4.78 is 0. The van der Waals surface area contributed by atoms with Crippen molar-refractivity contribution in [3.8, 4) is 0 Å². The van der Waals surface area contributed by atoms with Crippen LogP contribution < -0.4 is 5.32 Å². The Morgan fingerprint density at radius 2 is 0.607 bits per heavy atom. The second kappa shape index (κ2) is 47.0. The summed E-state index contributed by atoms with van der Waals surface area (Å²) in [5.41, 5.74) is 0. The van der Waals surface area contributed by atoms with Gasteiger partial charge in [0.25, 0.3) is 0 Å². The largest absolute Gasteiger partial charge is 0.394 e. The zero-order valence-corrected chi connectivity index (χ0v) is 38.3. The lowest BCUT2D eigenvalue weighted by molar-refractivity contribution is -0.124. The highest BCUT2D eigenvalue weighted by Crippen LogP contribution is 2.18. The Bertz CT molecular complexity index is 747. The molecule has 336 valence electrons. The highest BCUT2D eigenvalue weighted by molar-refractivity contribution is 5.76. The van der Waals surface area contributed by atoms with E-state index in [1.807, 2.05) is 0 Å². The first-order valence-corrected chi connectivity index (χ1v) is 25.8. The fourth-order valence-electron chi connectivity index (χ4n) is 8.46. The highest BCUT2D eigenvalue weighted by atomic mass is 16.3. The molecule has 3 unspecified atom stereocenters. The molecule has 4 N–H and O–H groups in total. The number of nitrogens with one attached hydrogen (secondary N) is 1. The highest BCUT2D eigenvalue weighted by Gasteiger charge is 2.26. The molecule has 0 aromatic rings. The van der Waals surface area contributed by atoms with Crippen LogP contribution in [0.25, 0.3) is 0 Å². The molecule has 0 radical (unpaired) electrons. The fraction of sp³-hybridized carbons (Fsp3) is 0.980. The van der Waals surface area contributed by atoms with Crippen molar-refractivity contribution in [3.05, 3.63) is 0 Å². The standard InChI is InChI=1S/C51H103NO4/c1-3-5-7-9-11-13-15-17-19-21-22-23-24-25-26-27-28-29-30-32-34-36-38-40-42-44-46-50(55)52-48(47-53)51(56)49(54)45-43-41-39-37-35-33-31-20-18-16-14-12-10-8-6-4-2/h48-49,51,53-54,56H,3-47H2,1-2H3,(H,52,55). The van der Waals surface area contributed by atoms with E-state index < -0.39 is 18.2 Å². The molecule has 5 heteroatoms. The predicted molar refractivity (Wildman–Crippen MR) is 246 cm³/mol. The third kappa shape index (κ3) is 41.5. The second-order valence-electron chi connectivity index (χ2n) is 18.1. The molecule has 0 spiro atoms. The van der Waals surface area contributed by atoms with E-state index in [2.05, 4.69) is 19.2 Å². The molecule has 0 saturated heterocycles. The molecule has 0 aromatic heterocycles. The lowest BCUT2D eigenvalue weighted by Gasteiger charge is -2.26. The minimum absolute atomic E-state index is 0.137. The molecule has 1 amide bonds. The van der Waals surface area contributed by atoms with E-state index in [0.29, 0.717) is 12.8 Å². The summed E-state index contributed by atoms with van der Waals surface area (Å²) >= 11 is 0. The van der Waals surface area contributed by atoms with Crippen LogP contribution in [-0.2, 0) is 4.79 Å². The van der Waals surface area contributed by atoms with Gasteiger partial charge in [-0.25, -0.2) is 0 Å². The van der Waals surface area contributed by atoms with Gasteiger partial charge in [0, 0.05) is 6.42 Å². The first-order chi connectivity index (χ1) is 27.6. The summed E-state index contributed by atoms with van der Waals surface area (Å²) in [6.07, 6.45) is 55.2. The first kappa shape index (κ1) is 55.4. The molecule has 0 heterocycles. The zero-order valence-electron chi connectivity index (χ0n) is 38.3. The number of rotatable bonds is 48. The predicted octanol–water partition coefficient (Wildman–Crippen LogP) is 15.4. The summed E-state index contributed by atoms with van der Waals surface area (Å²) in [7, 11) is 0. The summed E-state index contributed by atoms with van der Waals surface area (Å²) in [5.74, 6) is -0.137. The summed E-state index contributed by atoms with van der Waals surface area (Å²) in [6, 6.07) is -0.803.